The monoisotopic (exact) mass is 442 g/mol. The van der Waals surface area contributed by atoms with Gasteiger partial charge in [0.15, 0.2) is 17.0 Å². The topological polar surface area (TPSA) is 219 Å². The predicted octanol–water partition coefficient (Wildman–Crippen LogP) is 0.492. The third-order valence-corrected chi connectivity index (χ3v) is 3.97. The summed E-state index contributed by atoms with van der Waals surface area (Å²) in [5, 5.41) is 21.3. The Morgan fingerprint density at radius 3 is 2.44 bits per heavy atom. The zero-order valence-corrected chi connectivity index (χ0v) is 16.9. The maximum atomic E-state index is 12.0. The van der Waals surface area contributed by atoms with Gasteiger partial charge in [-0.3, -0.25) is 14.4 Å². The van der Waals surface area contributed by atoms with Crippen molar-refractivity contribution in [3.8, 4) is 0 Å². The smallest absolute Gasteiger partial charge is 0.303 e. The van der Waals surface area contributed by atoms with E-state index in [1.54, 1.807) is 30.5 Å². The molecule has 168 valence electrons. The van der Waals surface area contributed by atoms with E-state index in [1.807, 2.05) is 0 Å². The number of nitrogens with zero attached hydrogens (tertiary/aromatic N) is 4. The van der Waals surface area contributed by atoms with Crippen LogP contribution in [0.3, 0.4) is 0 Å². The molecule has 0 aliphatic carbocycles. The third-order valence-electron chi connectivity index (χ3n) is 3.97. The van der Waals surface area contributed by atoms with Crippen molar-refractivity contribution in [1.82, 2.24) is 25.3 Å². The fourth-order valence-electron chi connectivity index (χ4n) is 2.54. The van der Waals surface area contributed by atoms with E-state index in [4.69, 9.17) is 26.5 Å². The van der Waals surface area contributed by atoms with Crippen molar-refractivity contribution >= 4 is 47.0 Å². The number of aromatic nitrogens is 4. The molecule has 0 bridgehead atoms. The first-order valence-electron chi connectivity index (χ1n) is 9.30. The minimum absolute atomic E-state index is 0.0198. The van der Waals surface area contributed by atoms with Gasteiger partial charge in [-0.05, 0) is 30.7 Å². The quantitative estimate of drug-likeness (QED) is 0.207. The summed E-state index contributed by atoms with van der Waals surface area (Å²) in [7, 11) is 0. The number of nitrogen functional groups attached to an aromatic ring is 2. The summed E-state index contributed by atoms with van der Waals surface area (Å²) in [6.07, 6.45) is 1.97. The van der Waals surface area contributed by atoms with Crippen molar-refractivity contribution in [1.29, 1.82) is 0 Å². The lowest BCUT2D eigenvalue weighted by Crippen LogP contribution is -2.24. The van der Waals surface area contributed by atoms with Crippen LogP contribution >= 0.6 is 0 Å². The van der Waals surface area contributed by atoms with Gasteiger partial charge in [0.25, 0.3) is 12.4 Å². The first-order valence-corrected chi connectivity index (χ1v) is 9.30. The third kappa shape index (κ3) is 7.05. The summed E-state index contributed by atoms with van der Waals surface area (Å²) in [5.74, 6) is -0.927. The highest BCUT2D eigenvalue weighted by Crippen LogP contribution is 2.16. The summed E-state index contributed by atoms with van der Waals surface area (Å²) in [5.41, 5.74) is 14.0. The molecule has 1 aromatic carbocycles. The highest BCUT2D eigenvalue weighted by atomic mass is 16.4. The van der Waals surface area contributed by atoms with Crippen LogP contribution in [-0.4, -0.2) is 55.0 Å². The number of nitrogens with one attached hydrogen (secondary N) is 2. The fourth-order valence-corrected chi connectivity index (χ4v) is 2.54. The van der Waals surface area contributed by atoms with Gasteiger partial charge in [-0.1, -0.05) is 0 Å². The van der Waals surface area contributed by atoms with E-state index in [0.29, 0.717) is 41.9 Å². The first kappa shape index (κ1) is 23.7. The number of carbonyl (C=O) groups is 3. The number of amides is 1. The van der Waals surface area contributed by atoms with Crippen LogP contribution < -0.4 is 22.1 Å². The van der Waals surface area contributed by atoms with Gasteiger partial charge in [0.1, 0.15) is 0 Å². The molecule has 0 spiro atoms. The Hall–Kier alpha value is -4.55. The Bertz CT molecular complexity index is 1090. The summed E-state index contributed by atoms with van der Waals surface area (Å²) >= 11 is 0. The molecule has 0 aliphatic rings. The molecule has 1 amide bonds. The van der Waals surface area contributed by atoms with Crippen molar-refractivity contribution in [2.24, 2.45) is 0 Å². The zero-order chi connectivity index (χ0) is 23.5. The largest absolute Gasteiger partial charge is 0.483 e. The van der Waals surface area contributed by atoms with Crippen molar-refractivity contribution in [2.75, 3.05) is 23.3 Å². The number of carboxylic acid groups (broad SMARTS) is 2. The van der Waals surface area contributed by atoms with Crippen LogP contribution in [0.4, 0.5) is 17.5 Å². The number of nitrogens with two attached hydrogens (primary N) is 2. The molecule has 2 heterocycles. The van der Waals surface area contributed by atoms with Gasteiger partial charge in [0.05, 0.1) is 18.4 Å². The molecular weight excluding hydrogens is 420 g/mol. The Morgan fingerprint density at radius 2 is 1.78 bits per heavy atom. The summed E-state index contributed by atoms with van der Waals surface area (Å²) in [6, 6.07) is 6.88. The van der Waals surface area contributed by atoms with Crippen LogP contribution in [0.1, 0.15) is 28.9 Å². The second-order valence-electron chi connectivity index (χ2n) is 6.29. The average Bonchev–Trinajstić information content (AvgIpc) is 2.76. The van der Waals surface area contributed by atoms with Crippen LogP contribution in [0.25, 0.3) is 11.2 Å². The number of hydrogen-bond donors (Lipinski definition) is 6. The lowest BCUT2D eigenvalue weighted by Gasteiger charge is -2.09. The molecular formula is C19H22N8O5. The Morgan fingerprint density at radius 1 is 1.09 bits per heavy atom. The van der Waals surface area contributed by atoms with Gasteiger partial charge in [-0.2, -0.15) is 9.97 Å². The zero-order valence-electron chi connectivity index (χ0n) is 16.9. The molecule has 0 aliphatic heterocycles. The van der Waals surface area contributed by atoms with Gasteiger partial charge in [-0.25, -0.2) is 9.97 Å². The van der Waals surface area contributed by atoms with Crippen LogP contribution in [-0.2, 0) is 16.1 Å². The molecule has 32 heavy (non-hydrogen) atoms. The normalized spacial score (nSPS) is 10.0. The molecule has 0 saturated carbocycles. The van der Waals surface area contributed by atoms with E-state index in [1.165, 1.54) is 0 Å². The maximum Gasteiger partial charge on any atom is 0.303 e. The second kappa shape index (κ2) is 11.6. The van der Waals surface area contributed by atoms with E-state index >= 15 is 0 Å². The first-order chi connectivity index (χ1) is 15.3. The molecule has 8 N–H and O–H groups in total. The average molecular weight is 442 g/mol. The van der Waals surface area contributed by atoms with Crippen LogP contribution in [0, 0.1) is 0 Å². The van der Waals surface area contributed by atoms with Crippen molar-refractivity contribution in [2.45, 2.75) is 19.4 Å². The number of rotatable bonds is 8. The molecule has 0 saturated heterocycles. The van der Waals surface area contributed by atoms with Crippen LogP contribution in [0.5, 0.6) is 0 Å². The summed E-state index contributed by atoms with van der Waals surface area (Å²) in [6.45, 7) is 0.442. The molecule has 0 radical (unpaired) electrons. The molecule has 2 aromatic heterocycles. The van der Waals surface area contributed by atoms with Crippen molar-refractivity contribution in [3.05, 3.63) is 41.7 Å². The van der Waals surface area contributed by atoms with Crippen LogP contribution in [0.15, 0.2) is 30.5 Å². The Balaban J connectivity index is 0.00000114. The molecule has 0 unspecified atom stereocenters. The molecule has 13 nitrogen and oxygen atoms in total. The number of aliphatic carboxylic acids is 1. The minimum Gasteiger partial charge on any atom is -0.483 e. The number of carbonyl (C=O) groups excluding carboxylic acids is 1. The Kier molecular flexibility index (Phi) is 8.59. The fraction of sp³-hybridized carbons (Fsp3) is 0.211. The van der Waals surface area contributed by atoms with E-state index in [-0.39, 0.29) is 30.6 Å². The number of anilines is 3. The van der Waals surface area contributed by atoms with E-state index in [0.717, 1.165) is 5.69 Å². The van der Waals surface area contributed by atoms with Crippen molar-refractivity contribution < 1.29 is 24.6 Å². The molecule has 3 aromatic rings. The second-order valence-corrected chi connectivity index (χ2v) is 6.29. The number of benzene rings is 1. The lowest BCUT2D eigenvalue weighted by atomic mass is 10.2. The van der Waals surface area contributed by atoms with Crippen LogP contribution in [0.2, 0.25) is 0 Å². The predicted molar refractivity (Wildman–Crippen MR) is 116 cm³/mol. The summed E-state index contributed by atoms with van der Waals surface area (Å²) in [4.78, 5) is 47.3. The van der Waals surface area contributed by atoms with E-state index < -0.39 is 5.97 Å². The van der Waals surface area contributed by atoms with Gasteiger partial charge in [-0.15, -0.1) is 0 Å². The molecule has 0 fully saturated rings. The van der Waals surface area contributed by atoms with Gasteiger partial charge < -0.3 is 32.3 Å². The van der Waals surface area contributed by atoms with Gasteiger partial charge in [0, 0.05) is 24.2 Å². The number of hydrogen-bond acceptors (Lipinski definition) is 10. The van der Waals surface area contributed by atoms with E-state index in [2.05, 4.69) is 30.6 Å². The molecule has 0 atom stereocenters. The van der Waals surface area contributed by atoms with Gasteiger partial charge in [0.2, 0.25) is 5.95 Å². The molecule has 3 rings (SSSR count). The standard InChI is InChI=1S/C18H20N8O3.CH2O2/c19-15-14-16(26-18(20)25-15)23-9-12(24-14)8-22-11-5-3-10(4-6-11)17(29)21-7-1-2-13(27)28;2-1-3/h3-6,9,22H,1-2,7-8H2,(H,21,29)(H,27,28)(H4,19,20,23,25,26);1H,(H,2,3). The van der Waals surface area contributed by atoms with Crippen molar-refractivity contribution in [3.63, 3.8) is 0 Å². The SMILES string of the molecule is Nc1nc(N)c2nc(CNc3ccc(C(=O)NCCCC(=O)O)cc3)cnc2n1.O=CO. The van der Waals surface area contributed by atoms with Gasteiger partial charge >= 0.3 is 5.97 Å². The Labute approximate surface area is 181 Å². The molecule has 13 heteroatoms. The lowest BCUT2D eigenvalue weighted by molar-refractivity contribution is -0.137. The summed E-state index contributed by atoms with van der Waals surface area (Å²) < 4.78 is 0. The number of fused-ring (bicyclic) bond motifs is 1. The highest BCUT2D eigenvalue weighted by molar-refractivity contribution is 5.94. The van der Waals surface area contributed by atoms with E-state index in [9.17, 15) is 9.59 Å². The maximum absolute atomic E-state index is 12.0. The highest BCUT2D eigenvalue weighted by Gasteiger charge is 2.08. The minimum atomic E-state index is -0.884. The number of carboxylic acids is 1.